The van der Waals surface area contributed by atoms with Crippen LogP contribution in [-0.4, -0.2) is 56.6 Å². The average molecular weight is 213 g/mol. The number of nitrogens with zero attached hydrogens (tertiary/aromatic N) is 2. The first-order valence-electron chi connectivity index (χ1n) is 6.18. The van der Waals surface area contributed by atoms with E-state index in [9.17, 15) is 0 Å². The monoisotopic (exact) mass is 213 g/mol. The predicted octanol–water partition coefficient (Wildman–Crippen LogP) is 0.997. The minimum absolute atomic E-state index is 0.389. The molecule has 1 aliphatic rings. The van der Waals surface area contributed by atoms with Crippen molar-refractivity contribution >= 4 is 0 Å². The maximum absolute atomic E-state index is 6.23. The highest BCUT2D eigenvalue weighted by molar-refractivity contribution is 4.79. The Balaban J connectivity index is 2.15. The van der Waals surface area contributed by atoms with Gasteiger partial charge in [-0.1, -0.05) is 12.8 Å². The highest BCUT2D eigenvalue weighted by Crippen LogP contribution is 2.26. The molecule has 15 heavy (non-hydrogen) atoms. The van der Waals surface area contributed by atoms with Gasteiger partial charge in [0, 0.05) is 25.7 Å². The molecule has 0 aromatic carbocycles. The van der Waals surface area contributed by atoms with Crippen molar-refractivity contribution in [3.05, 3.63) is 0 Å². The van der Waals surface area contributed by atoms with Crippen molar-refractivity contribution in [1.82, 2.24) is 9.80 Å². The molecule has 0 saturated heterocycles. The molecule has 1 atom stereocenters. The van der Waals surface area contributed by atoms with Gasteiger partial charge in [-0.15, -0.1) is 0 Å². The first kappa shape index (κ1) is 12.9. The van der Waals surface area contributed by atoms with E-state index in [1.807, 2.05) is 0 Å². The van der Waals surface area contributed by atoms with Crippen LogP contribution in [0, 0.1) is 5.92 Å². The van der Waals surface area contributed by atoms with Gasteiger partial charge in [0.2, 0.25) is 0 Å². The Labute approximate surface area is 94.6 Å². The summed E-state index contributed by atoms with van der Waals surface area (Å²) in [5.41, 5.74) is 6.23. The van der Waals surface area contributed by atoms with E-state index < -0.39 is 0 Å². The van der Waals surface area contributed by atoms with Crippen molar-refractivity contribution in [1.29, 1.82) is 0 Å². The molecule has 0 heterocycles. The van der Waals surface area contributed by atoms with Crippen molar-refractivity contribution in [2.24, 2.45) is 11.7 Å². The molecular weight excluding hydrogens is 186 g/mol. The van der Waals surface area contributed by atoms with Gasteiger partial charge in [-0.2, -0.15) is 0 Å². The van der Waals surface area contributed by atoms with E-state index in [0.717, 1.165) is 25.6 Å². The van der Waals surface area contributed by atoms with Gasteiger partial charge in [-0.3, -0.25) is 0 Å². The molecule has 0 aromatic rings. The van der Waals surface area contributed by atoms with Crippen LogP contribution in [0.1, 0.15) is 25.7 Å². The van der Waals surface area contributed by atoms with Gasteiger partial charge in [0.05, 0.1) is 0 Å². The zero-order chi connectivity index (χ0) is 11.3. The summed E-state index contributed by atoms with van der Waals surface area (Å²) in [6.07, 6.45) is 5.48. The Hall–Kier alpha value is -0.120. The zero-order valence-corrected chi connectivity index (χ0v) is 10.6. The second-order valence-corrected chi connectivity index (χ2v) is 5.27. The molecule has 0 aliphatic heterocycles. The van der Waals surface area contributed by atoms with E-state index in [2.05, 4.69) is 30.9 Å². The first-order chi connectivity index (χ1) is 7.09. The highest BCUT2D eigenvalue weighted by Gasteiger charge is 2.22. The third-order valence-electron chi connectivity index (χ3n) is 3.46. The van der Waals surface area contributed by atoms with Gasteiger partial charge >= 0.3 is 0 Å². The molecule has 1 fully saturated rings. The molecule has 0 radical (unpaired) electrons. The minimum Gasteiger partial charge on any atom is -0.326 e. The molecule has 1 unspecified atom stereocenters. The Morgan fingerprint density at radius 1 is 1.13 bits per heavy atom. The van der Waals surface area contributed by atoms with Crippen LogP contribution in [0.2, 0.25) is 0 Å². The molecule has 0 spiro atoms. The molecule has 1 saturated carbocycles. The molecule has 90 valence electrons. The van der Waals surface area contributed by atoms with E-state index in [0.29, 0.717) is 6.04 Å². The molecular formula is C12H27N3. The second kappa shape index (κ2) is 6.46. The Kier molecular flexibility index (Phi) is 5.58. The van der Waals surface area contributed by atoms with Crippen molar-refractivity contribution in [2.45, 2.75) is 31.7 Å². The molecule has 3 nitrogen and oxygen atoms in total. The van der Waals surface area contributed by atoms with Crippen molar-refractivity contribution in [3.63, 3.8) is 0 Å². The number of likely N-dealkylation sites (N-methyl/N-ethyl adjacent to an activating group) is 2. The maximum Gasteiger partial charge on any atom is 0.0196 e. The summed E-state index contributed by atoms with van der Waals surface area (Å²) in [6, 6.07) is 0.389. The summed E-state index contributed by atoms with van der Waals surface area (Å²) in [5, 5.41) is 0. The highest BCUT2D eigenvalue weighted by atomic mass is 15.2. The summed E-state index contributed by atoms with van der Waals surface area (Å²) in [7, 11) is 6.41. The van der Waals surface area contributed by atoms with Crippen LogP contribution in [-0.2, 0) is 0 Å². The van der Waals surface area contributed by atoms with E-state index in [-0.39, 0.29) is 0 Å². The van der Waals surface area contributed by atoms with E-state index in [1.54, 1.807) is 0 Å². The molecule has 0 aromatic heterocycles. The predicted molar refractivity (Wildman–Crippen MR) is 66.0 cm³/mol. The Morgan fingerprint density at radius 3 is 2.27 bits per heavy atom. The van der Waals surface area contributed by atoms with Gasteiger partial charge in [-0.25, -0.2) is 0 Å². The third-order valence-corrected chi connectivity index (χ3v) is 3.46. The van der Waals surface area contributed by atoms with Crippen molar-refractivity contribution < 1.29 is 0 Å². The molecule has 1 aliphatic carbocycles. The summed E-state index contributed by atoms with van der Waals surface area (Å²) < 4.78 is 0. The molecule has 0 bridgehead atoms. The summed E-state index contributed by atoms with van der Waals surface area (Å²) in [4.78, 5) is 4.58. The summed E-state index contributed by atoms with van der Waals surface area (Å²) in [6.45, 7) is 3.29. The third kappa shape index (κ3) is 4.96. The first-order valence-corrected chi connectivity index (χ1v) is 6.18. The second-order valence-electron chi connectivity index (χ2n) is 5.27. The standard InChI is InChI=1S/C12H27N3/c1-14(2)8-9-15(3)10-12(13)11-6-4-5-7-11/h11-12H,4-10,13H2,1-3H3. The van der Waals surface area contributed by atoms with Crippen molar-refractivity contribution in [3.8, 4) is 0 Å². The van der Waals surface area contributed by atoms with Gasteiger partial charge in [-0.05, 0) is 39.9 Å². The largest absolute Gasteiger partial charge is 0.326 e. The van der Waals surface area contributed by atoms with E-state index >= 15 is 0 Å². The quantitative estimate of drug-likeness (QED) is 0.714. The molecule has 3 heteroatoms. The maximum atomic E-state index is 6.23. The topological polar surface area (TPSA) is 32.5 Å². The zero-order valence-electron chi connectivity index (χ0n) is 10.6. The number of hydrogen-bond acceptors (Lipinski definition) is 3. The van der Waals surface area contributed by atoms with Crippen molar-refractivity contribution in [2.75, 3.05) is 40.8 Å². The number of nitrogens with two attached hydrogens (primary N) is 1. The smallest absolute Gasteiger partial charge is 0.0196 e. The fraction of sp³-hybridized carbons (Fsp3) is 1.00. The van der Waals surface area contributed by atoms with Gasteiger partial charge < -0.3 is 15.5 Å². The molecule has 2 N–H and O–H groups in total. The minimum atomic E-state index is 0.389. The summed E-state index contributed by atoms with van der Waals surface area (Å²) in [5.74, 6) is 0.784. The lowest BCUT2D eigenvalue weighted by molar-refractivity contribution is 0.244. The van der Waals surface area contributed by atoms with Crippen LogP contribution in [0.5, 0.6) is 0 Å². The van der Waals surface area contributed by atoms with Crippen LogP contribution in [0.4, 0.5) is 0 Å². The van der Waals surface area contributed by atoms with Crippen LogP contribution in [0.3, 0.4) is 0 Å². The number of rotatable bonds is 6. The number of hydrogen-bond donors (Lipinski definition) is 1. The summed E-state index contributed by atoms with van der Waals surface area (Å²) >= 11 is 0. The van der Waals surface area contributed by atoms with Gasteiger partial charge in [0.1, 0.15) is 0 Å². The lowest BCUT2D eigenvalue weighted by Crippen LogP contribution is -2.41. The lowest BCUT2D eigenvalue weighted by atomic mass is 9.99. The van der Waals surface area contributed by atoms with Crippen LogP contribution >= 0.6 is 0 Å². The fourth-order valence-corrected chi connectivity index (χ4v) is 2.36. The lowest BCUT2D eigenvalue weighted by Gasteiger charge is -2.26. The average Bonchev–Trinajstić information content (AvgIpc) is 2.67. The van der Waals surface area contributed by atoms with Crippen LogP contribution in [0.15, 0.2) is 0 Å². The van der Waals surface area contributed by atoms with E-state index in [4.69, 9.17) is 5.73 Å². The normalized spacial score (nSPS) is 20.4. The fourth-order valence-electron chi connectivity index (χ4n) is 2.36. The molecule has 0 amide bonds. The van der Waals surface area contributed by atoms with Crippen LogP contribution < -0.4 is 5.73 Å². The van der Waals surface area contributed by atoms with Gasteiger partial charge in [0.25, 0.3) is 0 Å². The Morgan fingerprint density at radius 2 is 1.73 bits per heavy atom. The SMILES string of the molecule is CN(C)CCN(C)CC(N)C1CCCC1. The van der Waals surface area contributed by atoms with Crippen LogP contribution in [0.25, 0.3) is 0 Å². The van der Waals surface area contributed by atoms with E-state index in [1.165, 1.54) is 25.7 Å². The molecule has 1 rings (SSSR count). The Bertz CT molecular complexity index is 164. The van der Waals surface area contributed by atoms with Gasteiger partial charge in [0.15, 0.2) is 0 Å².